The summed E-state index contributed by atoms with van der Waals surface area (Å²) in [4.78, 5) is 22.3. The van der Waals surface area contributed by atoms with Gasteiger partial charge in [-0.3, -0.25) is 14.9 Å². The standard InChI is InChI=1S/C12H16N2O6/c1-7(6-15)13-12(16)8-4-10(19-2)11(20-3)5-9(8)14(17)18/h4-5,7,15H,6H2,1-3H3,(H,13,16)/t7-/m0/s1. The van der Waals surface area contributed by atoms with Gasteiger partial charge in [0.2, 0.25) is 0 Å². The predicted molar refractivity (Wildman–Crippen MR) is 70.2 cm³/mol. The molecule has 8 nitrogen and oxygen atoms in total. The van der Waals surface area contributed by atoms with Gasteiger partial charge in [0.15, 0.2) is 11.5 Å². The van der Waals surface area contributed by atoms with Crippen molar-refractivity contribution in [2.75, 3.05) is 20.8 Å². The van der Waals surface area contributed by atoms with E-state index >= 15 is 0 Å². The van der Waals surface area contributed by atoms with Crippen LogP contribution in [0.5, 0.6) is 11.5 Å². The highest BCUT2D eigenvalue weighted by molar-refractivity contribution is 5.99. The van der Waals surface area contributed by atoms with E-state index in [1.165, 1.54) is 20.3 Å². The molecular formula is C12H16N2O6. The molecule has 0 saturated heterocycles. The fraction of sp³-hybridized carbons (Fsp3) is 0.417. The van der Waals surface area contributed by atoms with E-state index in [0.717, 1.165) is 6.07 Å². The molecule has 0 unspecified atom stereocenters. The molecule has 0 fully saturated rings. The molecule has 0 saturated carbocycles. The van der Waals surface area contributed by atoms with Crippen molar-refractivity contribution in [2.24, 2.45) is 0 Å². The zero-order chi connectivity index (χ0) is 15.3. The Morgan fingerprint density at radius 1 is 1.40 bits per heavy atom. The molecule has 1 atom stereocenters. The highest BCUT2D eigenvalue weighted by Crippen LogP contribution is 2.34. The van der Waals surface area contributed by atoms with Crippen LogP contribution in [0.2, 0.25) is 0 Å². The number of carbonyl (C=O) groups is 1. The first-order valence-corrected chi connectivity index (χ1v) is 5.76. The van der Waals surface area contributed by atoms with Crippen LogP contribution in [0.15, 0.2) is 12.1 Å². The summed E-state index contributed by atoms with van der Waals surface area (Å²) in [6.07, 6.45) is 0. The highest BCUT2D eigenvalue weighted by Gasteiger charge is 2.25. The Morgan fingerprint density at radius 2 is 1.95 bits per heavy atom. The number of nitrogens with one attached hydrogen (secondary N) is 1. The number of nitro benzene ring substituents is 1. The molecular weight excluding hydrogens is 268 g/mol. The Balaban J connectivity index is 3.28. The van der Waals surface area contributed by atoms with E-state index in [1.54, 1.807) is 6.92 Å². The Morgan fingerprint density at radius 3 is 2.40 bits per heavy atom. The zero-order valence-electron chi connectivity index (χ0n) is 11.4. The third-order valence-corrected chi connectivity index (χ3v) is 2.59. The van der Waals surface area contributed by atoms with Gasteiger partial charge in [0.1, 0.15) is 5.56 Å². The molecule has 1 amide bonds. The predicted octanol–water partition coefficient (Wildman–Crippen LogP) is 0.723. The van der Waals surface area contributed by atoms with E-state index in [2.05, 4.69) is 5.32 Å². The quantitative estimate of drug-likeness (QED) is 0.588. The smallest absolute Gasteiger partial charge is 0.286 e. The van der Waals surface area contributed by atoms with Gasteiger partial charge in [-0.05, 0) is 6.92 Å². The summed E-state index contributed by atoms with van der Waals surface area (Å²) in [5.74, 6) is -0.301. The van der Waals surface area contributed by atoms with Crippen LogP contribution < -0.4 is 14.8 Å². The molecule has 20 heavy (non-hydrogen) atoms. The average Bonchev–Trinajstić information content (AvgIpc) is 2.45. The minimum Gasteiger partial charge on any atom is -0.493 e. The van der Waals surface area contributed by atoms with Crippen molar-refractivity contribution in [3.63, 3.8) is 0 Å². The number of aliphatic hydroxyl groups excluding tert-OH is 1. The fourth-order valence-electron chi connectivity index (χ4n) is 1.55. The summed E-state index contributed by atoms with van der Waals surface area (Å²) < 4.78 is 9.98. The first-order valence-electron chi connectivity index (χ1n) is 5.76. The maximum atomic E-state index is 12.0. The number of aliphatic hydroxyl groups is 1. The van der Waals surface area contributed by atoms with Gasteiger partial charge in [-0.1, -0.05) is 0 Å². The number of methoxy groups -OCH3 is 2. The van der Waals surface area contributed by atoms with Crippen LogP contribution in [-0.4, -0.2) is 42.8 Å². The SMILES string of the molecule is COc1cc(C(=O)N[C@@H](C)CO)c([N+](=O)[O-])cc1OC. The van der Waals surface area contributed by atoms with Gasteiger partial charge in [-0.2, -0.15) is 0 Å². The lowest BCUT2D eigenvalue weighted by Gasteiger charge is -2.13. The largest absolute Gasteiger partial charge is 0.493 e. The number of hydrogen-bond donors (Lipinski definition) is 2. The van der Waals surface area contributed by atoms with E-state index in [9.17, 15) is 14.9 Å². The molecule has 0 aliphatic rings. The fourth-order valence-corrected chi connectivity index (χ4v) is 1.55. The normalized spacial score (nSPS) is 11.6. The van der Waals surface area contributed by atoms with Crippen molar-refractivity contribution < 1.29 is 24.3 Å². The van der Waals surface area contributed by atoms with Gasteiger partial charge < -0.3 is 19.9 Å². The van der Waals surface area contributed by atoms with Gasteiger partial charge in [0, 0.05) is 12.1 Å². The molecule has 1 aromatic rings. The van der Waals surface area contributed by atoms with Gasteiger partial charge >= 0.3 is 0 Å². The van der Waals surface area contributed by atoms with Crippen molar-refractivity contribution in [1.29, 1.82) is 0 Å². The van der Waals surface area contributed by atoms with Crippen LogP contribution in [0.3, 0.4) is 0 Å². The van der Waals surface area contributed by atoms with Crippen molar-refractivity contribution >= 4 is 11.6 Å². The van der Waals surface area contributed by atoms with E-state index in [0.29, 0.717) is 0 Å². The lowest BCUT2D eigenvalue weighted by Crippen LogP contribution is -2.35. The van der Waals surface area contributed by atoms with E-state index in [4.69, 9.17) is 14.6 Å². The number of nitro groups is 1. The minimum atomic E-state index is -0.680. The highest BCUT2D eigenvalue weighted by atomic mass is 16.6. The second-order valence-electron chi connectivity index (χ2n) is 4.04. The minimum absolute atomic E-state index is 0.158. The molecule has 0 radical (unpaired) electrons. The number of hydrogen-bond acceptors (Lipinski definition) is 6. The van der Waals surface area contributed by atoms with Crippen molar-refractivity contribution in [1.82, 2.24) is 5.32 Å². The number of amides is 1. The van der Waals surface area contributed by atoms with Crippen LogP contribution in [0.4, 0.5) is 5.69 Å². The van der Waals surface area contributed by atoms with Gasteiger partial charge in [0.05, 0.1) is 31.8 Å². The Kier molecular flexibility index (Phi) is 5.27. The molecule has 8 heteroatoms. The Bertz CT molecular complexity index is 517. The summed E-state index contributed by atoms with van der Waals surface area (Å²) in [6.45, 7) is 1.30. The van der Waals surface area contributed by atoms with Gasteiger partial charge in [-0.25, -0.2) is 0 Å². The molecule has 2 N–H and O–H groups in total. The number of ether oxygens (including phenoxy) is 2. The first kappa shape index (κ1) is 15.7. The maximum Gasteiger partial charge on any atom is 0.286 e. The van der Waals surface area contributed by atoms with Crippen LogP contribution in [0, 0.1) is 10.1 Å². The second-order valence-corrected chi connectivity index (χ2v) is 4.04. The topological polar surface area (TPSA) is 111 Å². The van der Waals surface area contributed by atoms with Gasteiger partial charge in [-0.15, -0.1) is 0 Å². The molecule has 1 aromatic carbocycles. The molecule has 0 spiro atoms. The lowest BCUT2D eigenvalue weighted by molar-refractivity contribution is -0.385. The summed E-state index contributed by atoms with van der Waals surface area (Å²) in [5, 5.41) is 22.4. The number of benzene rings is 1. The monoisotopic (exact) mass is 284 g/mol. The van der Waals surface area contributed by atoms with E-state index < -0.39 is 22.6 Å². The zero-order valence-corrected chi connectivity index (χ0v) is 11.4. The average molecular weight is 284 g/mol. The first-order chi connectivity index (χ1) is 9.44. The molecule has 0 aromatic heterocycles. The van der Waals surface area contributed by atoms with Crippen molar-refractivity contribution in [2.45, 2.75) is 13.0 Å². The third-order valence-electron chi connectivity index (χ3n) is 2.59. The molecule has 110 valence electrons. The number of nitrogens with zero attached hydrogens (tertiary/aromatic N) is 1. The van der Waals surface area contributed by atoms with Crippen molar-refractivity contribution in [3.8, 4) is 11.5 Å². The van der Waals surface area contributed by atoms with Crippen LogP contribution in [0.25, 0.3) is 0 Å². The Hall–Kier alpha value is -2.35. The van der Waals surface area contributed by atoms with Crippen LogP contribution >= 0.6 is 0 Å². The molecule has 0 bridgehead atoms. The van der Waals surface area contributed by atoms with E-state index in [1.807, 2.05) is 0 Å². The summed E-state index contributed by atoms with van der Waals surface area (Å²) in [6, 6.07) is 1.84. The number of carbonyl (C=O) groups excluding carboxylic acids is 1. The van der Waals surface area contributed by atoms with Gasteiger partial charge in [0.25, 0.3) is 11.6 Å². The van der Waals surface area contributed by atoms with Crippen molar-refractivity contribution in [3.05, 3.63) is 27.8 Å². The van der Waals surface area contributed by atoms with Crippen LogP contribution in [-0.2, 0) is 0 Å². The molecule has 0 aliphatic carbocycles. The van der Waals surface area contributed by atoms with E-state index in [-0.39, 0.29) is 23.7 Å². The molecule has 1 rings (SSSR count). The maximum absolute atomic E-state index is 12.0. The third kappa shape index (κ3) is 3.35. The summed E-state index contributed by atoms with van der Waals surface area (Å²) in [7, 11) is 2.71. The summed E-state index contributed by atoms with van der Waals surface area (Å²) >= 11 is 0. The van der Waals surface area contributed by atoms with Crippen LogP contribution in [0.1, 0.15) is 17.3 Å². The lowest BCUT2D eigenvalue weighted by atomic mass is 10.1. The second kappa shape index (κ2) is 6.71. The molecule has 0 aliphatic heterocycles. The summed E-state index contributed by atoms with van der Waals surface area (Å²) in [5.41, 5.74) is -0.557. The Labute approximate surface area is 115 Å². The molecule has 0 heterocycles. The number of rotatable bonds is 6.